The summed E-state index contributed by atoms with van der Waals surface area (Å²) in [7, 11) is 0. The Balaban J connectivity index is 1.45. The molecule has 0 aliphatic rings. The van der Waals surface area contributed by atoms with Crippen LogP contribution in [0.3, 0.4) is 0 Å². The van der Waals surface area contributed by atoms with E-state index in [0.717, 1.165) is 34.4 Å². The molecule has 2 aromatic heterocycles. The molecule has 6 heteroatoms. The molecule has 0 radical (unpaired) electrons. The number of pyridine rings is 1. The number of fused-ring (bicyclic) bond motifs is 1. The monoisotopic (exact) mass is 387 g/mol. The summed E-state index contributed by atoms with van der Waals surface area (Å²) in [4.78, 5) is 4.35. The van der Waals surface area contributed by atoms with Crippen molar-refractivity contribution in [2.75, 3.05) is 5.32 Å². The van der Waals surface area contributed by atoms with Gasteiger partial charge in [0.05, 0.1) is 28.3 Å². The van der Waals surface area contributed by atoms with Crippen LogP contribution < -0.4 is 5.32 Å². The van der Waals surface area contributed by atoms with Gasteiger partial charge in [-0.25, -0.2) is 0 Å². The maximum Gasteiger partial charge on any atom is 0.101 e. The van der Waals surface area contributed by atoms with Crippen molar-refractivity contribution in [3.05, 3.63) is 77.6 Å². The second kappa shape index (κ2) is 7.71. The summed E-state index contributed by atoms with van der Waals surface area (Å²) in [6, 6.07) is 19.7. The van der Waals surface area contributed by atoms with Gasteiger partial charge in [-0.3, -0.25) is 9.67 Å². The van der Waals surface area contributed by atoms with Crippen molar-refractivity contribution in [1.29, 1.82) is 5.26 Å². The van der Waals surface area contributed by atoms with Crippen LogP contribution in [-0.2, 0) is 6.54 Å². The second-order valence-electron chi connectivity index (χ2n) is 6.69. The zero-order chi connectivity index (χ0) is 19.5. The van der Waals surface area contributed by atoms with Gasteiger partial charge in [0, 0.05) is 35.1 Å². The summed E-state index contributed by atoms with van der Waals surface area (Å²) in [5.74, 6) is 0. The number of nitrogens with one attached hydrogen (secondary N) is 1. The first-order valence-electron chi connectivity index (χ1n) is 8.97. The van der Waals surface area contributed by atoms with E-state index in [4.69, 9.17) is 16.9 Å². The van der Waals surface area contributed by atoms with Crippen LogP contribution in [0.4, 0.5) is 5.69 Å². The minimum absolute atomic E-state index is 0.187. The lowest BCUT2D eigenvalue weighted by Crippen LogP contribution is -2.22. The van der Waals surface area contributed by atoms with Gasteiger partial charge in [0.2, 0.25) is 0 Å². The summed E-state index contributed by atoms with van der Waals surface area (Å²) < 4.78 is 1.90. The molecule has 0 bridgehead atoms. The third kappa shape index (κ3) is 3.83. The van der Waals surface area contributed by atoms with Crippen molar-refractivity contribution in [1.82, 2.24) is 14.8 Å². The van der Waals surface area contributed by atoms with Crippen LogP contribution in [-0.4, -0.2) is 20.8 Å². The number of aromatic nitrogens is 3. The van der Waals surface area contributed by atoms with E-state index in [-0.39, 0.29) is 6.04 Å². The van der Waals surface area contributed by atoms with Crippen LogP contribution in [0.15, 0.2) is 67.0 Å². The van der Waals surface area contributed by atoms with Gasteiger partial charge in [-0.1, -0.05) is 23.7 Å². The Bertz CT molecular complexity index is 1170. The maximum atomic E-state index is 9.00. The number of benzene rings is 2. The number of nitrogens with zero attached hydrogens (tertiary/aromatic N) is 4. The van der Waals surface area contributed by atoms with Crippen LogP contribution in [0, 0.1) is 11.3 Å². The number of rotatable bonds is 5. The zero-order valence-corrected chi connectivity index (χ0v) is 16.1. The standard InChI is InChI=1S/C22H18ClN5/c1-15(26-19-6-7-21-16(11-19)3-2-9-25-21)14-28-10-8-22(27-28)17-4-5-18(13-24)20(23)12-17/h2-12,15,26H,14H2,1H3/t15-/m0/s1. The fourth-order valence-corrected chi connectivity index (χ4v) is 3.38. The highest BCUT2D eigenvalue weighted by molar-refractivity contribution is 6.32. The molecule has 0 unspecified atom stereocenters. The van der Waals surface area contributed by atoms with E-state index in [1.54, 1.807) is 18.3 Å². The Kier molecular flexibility index (Phi) is 4.96. The van der Waals surface area contributed by atoms with Crippen molar-refractivity contribution in [3.63, 3.8) is 0 Å². The SMILES string of the molecule is C[C@@H](Cn1ccc(-c2ccc(C#N)c(Cl)c2)n1)Nc1ccc2ncccc2c1. The molecule has 0 aliphatic carbocycles. The Hall–Kier alpha value is -3.36. The Morgan fingerprint density at radius 3 is 2.89 bits per heavy atom. The first-order valence-corrected chi connectivity index (χ1v) is 9.35. The molecule has 28 heavy (non-hydrogen) atoms. The first kappa shape index (κ1) is 18.0. The Morgan fingerprint density at radius 1 is 1.18 bits per heavy atom. The summed E-state index contributed by atoms with van der Waals surface area (Å²) in [5, 5.41) is 18.7. The Labute approximate surface area is 168 Å². The normalized spacial score (nSPS) is 11.9. The number of halogens is 1. The number of nitriles is 1. The predicted octanol–water partition coefficient (Wildman–Crippen LogP) is 5.12. The lowest BCUT2D eigenvalue weighted by atomic mass is 10.1. The molecule has 2 heterocycles. The van der Waals surface area contributed by atoms with Crippen LogP contribution in [0.25, 0.3) is 22.2 Å². The third-order valence-electron chi connectivity index (χ3n) is 4.50. The van der Waals surface area contributed by atoms with Gasteiger partial charge in [0.15, 0.2) is 0 Å². The highest BCUT2D eigenvalue weighted by atomic mass is 35.5. The summed E-state index contributed by atoms with van der Waals surface area (Å²) in [6.45, 7) is 2.84. The maximum absolute atomic E-state index is 9.00. The van der Waals surface area contributed by atoms with Crippen LogP contribution in [0.1, 0.15) is 12.5 Å². The van der Waals surface area contributed by atoms with Crippen molar-refractivity contribution < 1.29 is 0 Å². The average Bonchev–Trinajstić information content (AvgIpc) is 3.16. The molecule has 5 nitrogen and oxygen atoms in total. The molecular weight excluding hydrogens is 370 g/mol. The van der Waals surface area contributed by atoms with Crippen molar-refractivity contribution >= 4 is 28.2 Å². The lowest BCUT2D eigenvalue weighted by Gasteiger charge is -2.15. The van der Waals surface area contributed by atoms with Crippen LogP contribution in [0.2, 0.25) is 5.02 Å². The van der Waals surface area contributed by atoms with Gasteiger partial charge >= 0.3 is 0 Å². The van der Waals surface area contributed by atoms with E-state index in [1.807, 2.05) is 41.2 Å². The van der Waals surface area contributed by atoms with Crippen molar-refractivity contribution in [3.8, 4) is 17.3 Å². The van der Waals surface area contributed by atoms with Gasteiger partial charge in [-0.05, 0) is 49.4 Å². The van der Waals surface area contributed by atoms with Gasteiger partial charge in [-0.2, -0.15) is 10.4 Å². The summed E-state index contributed by atoms with van der Waals surface area (Å²) in [5.41, 5.74) is 4.23. The van der Waals surface area contributed by atoms with Crippen LogP contribution in [0.5, 0.6) is 0 Å². The molecule has 0 fully saturated rings. The molecule has 0 amide bonds. The minimum Gasteiger partial charge on any atom is -0.381 e. The molecular formula is C22H18ClN5. The van der Waals surface area contributed by atoms with E-state index < -0.39 is 0 Å². The molecule has 0 saturated carbocycles. The minimum atomic E-state index is 0.187. The van der Waals surface area contributed by atoms with Crippen molar-refractivity contribution in [2.45, 2.75) is 19.5 Å². The lowest BCUT2D eigenvalue weighted by molar-refractivity contribution is 0.562. The molecule has 138 valence electrons. The van der Waals surface area contributed by atoms with E-state index >= 15 is 0 Å². The van der Waals surface area contributed by atoms with Gasteiger partial charge in [0.1, 0.15) is 6.07 Å². The molecule has 0 aliphatic heterocycles. The molecule has 1 N–H and O–H groups in total. The topological polar surface area (TPSA) is 66.5 Å². The molecule has 1 atom stereocenters. The van der Waals surface area contributed by atoms with E-state index in [2.05, 4.69) is 40.5 Å². The molecule has 4 aromatic rings. The molecule has 4 rings (SSSR count). The quantitative estimate of drug-likeness (QED) is 0.515. The summed E-state index contributed by atoms with van der Waals surface area (Å²) in [6.07, 6.45) is 3.75. The summed E-state index contributed by atoms with van der Waals surface area (Å²) >= 11 is 6.13. The molecule has 0 spiro atoms. The van der Waals surface area contributed by atoms with E-state index in [1.165, 1.54) is 0 Å². The molecule has 0 saturated heterocycles. The van der Waals surface area contributed by atoms with Gasteiger partial charge in [-0.15, -0.1) is 0 Å². The highest BCUT2D eigenvalue weighted by Crippen LogP contribution is 2.24. The predicted molar refractivity (Wildman–Crippen MR) is 112 cm³/mol. The number of anilines is 1. The number of hydrogen-bond donors (Lipinski definition) is 1. The van der Waals surface area contributed by atoms with Gasteiger partial charge in [0.25, 0.3) is 0 Å². The highest BCUT2D eigenvalue weighted by Gasteiger charge is 2.09. The second-order valence-corrected chi connectivity index (χ2v) is 7.09. The fourth-order valence-electron chi connectivity index (χ4n) is 3.16. The van der Waals surface area contributed by atoms with E-state index in [0.29, 0.717) is 10.6 Å². The first-order chi connectivity index (χ1) is 13.6. The average molecular weight is 388 g/mol. The Morgan fingerprint density at radius 2 is 2.07 bits per heavy atom. The molecule has 2 aromatic carbocycles. The zero-order valence-electron chi connectivity index (χ0n) is 15.3. The smallest absolute Gasteiger partial charge is 0.101 e. The fraction of sp³-hybridized carbons (Fsp3) is 0.136. The third-order valence-corrected chi connectivity index (χ3v) is 4.82. The largest absolute Gasteiger partial charge is 0.381 e. The number of hydrogen-bond acceptors (Lipinski definition) is 4. The van der Waals surface area contributed by atoms with Crippen molar-refractivity contribution in [2.24, 2.45) is 0 Å². The van der Waals surface area contributed by atoms with Gasteiger partial charge < -0.3 is 5.32 Å². The van der Waals surface area contributed by atoms with Crippen LogP contribution >= 0.6 is 11.6 Å². The van der Waals surface area contributed by atoms with E-state index in [9.17, 15) is 0 Å².